The van der Waals surface area contributed by atoms with Gasteiger partial charge in [-0.15, -0.1) is 0 Å². The summed E-state index contributed by atoms with van der Waals surface area (Å²) in [6.45, 7) is 3.43. The van der Waals surface area contributed by atoms with Gasteiger partial charge >= 0.3 is 5.97 Å². The fourth-order valence-electron chi connectivity index (χ4n) is 3.18. The summed E-state index contributed by atoms with van der Waals surface area (Å²) in [5, 5.41) is 2.62. The highest BCUT2D eigenvalue weighted by molar-refractivity contribution is 5.96. The zero-order chi connectivity index (χ0) is 20.7. The Balaban J connectivity index is 2.00. The average molecular weight is 389 g/mol. The number of nitrogens with one attached hydrogen (secondary N) is 1. The number of likely N-dealkylation sites (tertiary alicyclic amines) is 1. The zero-order valence-corrected chi connectivity index (χ0v) is 16.2. The van der Waals surface area contributed by atoms with Crippen LogP contribution in [0.1, 0.15) is 37.0 Å². The minimum absolute atomic E-state index is 0.157. The van der Waals surface area contributed by atoms with E-state index in [4.69, 9.17) is 10.5 Å². The SMILES string of the molecule is CC(C)[C@H](NC(=O)CN)C(=O)N1CCC[C@H]1C(=O)COC(=O)c1ccccc1. The van der Waals surface area contributed by atoms with E-state index in [1.165, 1.54) is 4.90 Å². The molecule has 1 aliphatic rings. The number of carbonyl (C=O) groups is 4. The number of nitrogens with zero attached hydrogens (tertiary/aromatic N) is 1. The molecule has 0 saturated carbocycles. The Labute approximate surface area is 164 Å². The summed E-state index contributed by atoms with van der Waals surface area (Å²) >= 11 is 0. The Morgan fingerprint density at radius 1 is 1.21 bits per heavy atom. The van der Waals surface area contributed by atoms with Crippen molar-refractivity contribution in [2.75, 3.05) is 19.7 Å². The monoisotopic (exact) mass is 389 g/mol. The van der Waals surface area contributed by atoms with Gasteiger partial charge in [-0.25, -0.2) is 4.79 Å². The van der Waals surface area contributed by atoms with Crippen molar-refractivity contribution in [3.8, 4) is 0 Å². The van der Waals surface area contributed by atoms with E-state index >= 15 is 0 Å². The van der Waals surface area contributed by atoms with Crippen molar-refractivity contribution in [1.29, 1.82) is 0 Å². The van der Waals surface area contributed by atoms with Gasteiger partial charge in [0.15, 0.2) is 12.4 Å². The molecule has 0 unspecified atom stereocenters. The molecule has 0 bridgehead atoms. The van der Waals surface area contributed by atoms with E-state index in [9.17, 15) is 19.2 Å². The molecule has 2 atom stereocenters. The Bertz CT molecular complexity index is 720. The molecule has 3 N–H and O–H groups in total. The molecule has 1 aromatic rings. The quantitative estimate of drug-likeness (QED) is 0.625. The molecule has 28 heavy (non-hydrogen) atoms. The van der Waals surface area contributed by atoms with E-state index in [1.807, 2.05) is 13.8 Å². The summed E-state index contributed by atoms with van der Waals surface area (Å²) in [7, 11) is 0. The number of benzene rings is 1. The van der Waals surface area contributed by atoms with E-state index in [-0.39, 0.29) is 24.2 Å². The van der Waals surface area contributed by atoms with Gasteiger partial charge in [0.25, 0.3) is 0 Å². The molecule has 0 aromatic heterocycles. The van der Waals surface area contributed by atoms with Crippen molar-refractivity contribution in [2.45, 2.75) is 38.8 Å². The molecule has 2 rings (SSSR count). The van der Waals surface area contributed by atoms with Gasteiger partial charge in [-0.1, -0.05) is 32.0 Å². The number of amides is 2. The van der Waals surface area contributed by atoms with E-state index in [0.717, 1.165) is 0 Å². The molecule has 1 saturated heterocycles. The van der Waals surface area contributed by atoms with Crippen LogP contribution in [0.2, 0.25) is 0 Å². The topological polar surface area (TPSA) is 119 Å². The molecule has 2 amide bonds. The molecule has 152 valence electrons. The number of ether oxygens (including phenoxy) is 1. The minimum Gasteiger partial charge on any atom is -0.454 e. The third kappa shape index (κ3) is 5.39. The second-order valence-corrected chi connectivity index (χ2v) is 7.09. The molecular weight excluding hydrogens is 362 g/mol. The summed E-state index contributed by atoms with van der Waals surface area (Å²) in [5.41, 5.74) is 5.69. The highest BCUT2D eigenvalue weighted by Gasteiger charge is 2.38. The van der Waals surface area contributed by atoms with Crippen molar-refractivity contribution < 1.29 is 23.9 Å². The van der Waals surface area contributed by atoms with E-state index in [1.54, 1.807) is 30.3 Å². The van der Waals surface area contributed by atoms with Gasteiger partial charge in [-0.2, -0.15) is 0 Å². The molecule has 0 spiro atoms. The maximum atomic E-state index is 12.9. The van der Waals surface area contributed by atoms with Crippen molar-refractivity contribution in [3.63, 3.8) is 0 Å². The number of rotatable bonds is 8. The first-order valence-electron chi connectivity index (χ1n) is 9.40. The van der Waals surface area contributed by atoms with Gasteiger partial charge < -0.3 is 20.7 Å². The summed E-state index contributed by atoms with van der Waals surface area (Å²) in [4.78, 5) is 50.6. The molecule has 1 aliphatic heterocycles. The third-order valence-electron chi connectivity index (χ3n) is 4.70. The van der Waals surface area contributed by atoms with E-state index in [0.29, 0.717) is 24.9 Å². The molecule has 8 nitrogen and oxygen atoms in total. The highest BCUT2D eigenvalue weighted by Crippen LogP contribution is 2.21. The zero-order valence-electron chi connectivity index (χ0n) is 16.2. The summed E-state index contributed by atoms with van der Waals surface area (Å²) in [5.74, 6) is -1.81. The molecule has 1 aromatic carbocycles. The number of esters is 1. The lowest BCUT2D eigenvalue weighted by Crippen LogP contribution is -2.55. The van der Waals surface area contributed by atoms with E-state index in [2.05, 4.69) is 5.32 Å². The summed E-state index contributed by atoms with van der Waals surface area (Å²) in [6.07, 6.45) is 1.17. The van der Waals surface area contributed by atoms with Crippen LogP contribution in [-0.4, -0.2) is 60.2 Å². The molecule has 1 fully saturated rings. The first-order valence-corrected chi connectivity index (χ1v) is 9.40. The molecule has 0 radical (unpaired) electrons. The Hall–Kier alpha value is -2.74. The van der Waals surface area contributed by atoms with Crippen LogP contribution >= 0.6 is 0 Å². The predicted octanol–water partition coefficient (Wildman–Crippen LogP) is 0.503. The first kappa shape index (κ1) is 21.6. The van der Waals surface area contributed by atoms with Crippen LogP contribution in [0.4, 0.5) is 0 Å². The molecular formula is C20H27N3O5. The van der Waals surface area contributed by atoms with E-state index < -0.39 is 30.6 Å². The lowest BCUT2D eigenvalue weighted by atomic mass is 10.0. The first-order chi connectivity index (χ1) is 13.3. The van der Waals surface area contributed by atoms with Crippen LogP contribution in [0.15, 0.2) is 30.3 Å². The molecule has 0 aliphatic carbocycles. The van der Waals surface area contributed by atoms with Crippen LogP contribution < -0.4 is 11.1 Å². The van der Waals surface area contributed by atoms with Crippen molar-refractivity contribution in [3.05, 3.63) is 35.9 Å². The Morgan fingerprint density at radius 3 is 2.50 bits per heavy atom. The van der Waals surface area contributed by atoms with Crippen molar-refractivity contribution in [2.24, 2.45) is 11.7 Å². The van der Waals surface area contributed by atoms with Gasteiger partial charge in [0.1, 0.15) is 6.04 Å². The second kappa shape index (κ2) is 9.98. The van der Waals surface area contributed by atoms with Crippen LogP contribution in [0.5, 0.6) is 0 Å². The smallest absolute Gasteiger partial charge is 0.338 e. The number of hydrogen-bond donors (Lipinski definition) is 2. The van der Waals surface area contributed by atoms with Gasteiger partial charge in [0.2, 0.25) is 11.8 Å². The van der Waals surface area contributed by atoms with Crippen LogP contribution in [0, 0.1) is 5.92 Å². The summed E-state index contributed by atoms with van der Waals surface area (Å²) in [6, 6.07) is 6.98. The van der Waals surface area contributed by atoms with Crippen LogP contribution in [0.3, 0.4) is 0 Å². The maximum absolute atomic E-state index is 12.9. The predicted molar refractivity (Wildman–Crippen MR) is 102 cm³/mol. The number of Topliss-reactive ketones (excluding diaryl/α,β-unsaturated/α-hetero) is 1. The standard InChI is InChI=1S/C20H27N3O5/c1-13(2)18(22-17(25)11-21)19(26)23-10-6-9-15(23)16(24)12-28-20(27)14-7-4-3-5-8-14/h3-5,7-8,13,15,18H,6,9-12,21H2,1-2H3,(H,22,25)/t15-,18-/m0/s1. The van der Waals surface area contributed by atoms with Crippen LogP contribution in [0.25, 0.3) is 0 Å². The lowest BCUT2D eigenvalue weighted by molar-refractivity contribution is -0.142. The lowest BCUT2D eigenvalue weighted by Gasteiger charge is -2.30. The Morgan fingerprint density at radius 2 is 1.89 bits per heavy atom. The average Bonchev–Trinajstić information content (AvgIpc) is 3.19. The third-order valence-corrected chi connectivity index (χ3v) is 4.70. The fraction of sp³-hybridized carbons (Fsp3) is 0.500. The minimum atomic E-state index is -0.753. The molecule has 8 heteroatoms. The van der Waals surface area contributed by atoms with Crippen LogP contribution in [-0.2, 0) is 19.1 Å². The Kier molecular flexibility index (Phi) is 7.69. The van der Waals surface area contributed by atoms with Gasteiger partial charge in [-0.05, 0) is 30.9 Å². The largest absolute Gasteiger partial charge is 0.454 e. The maximum Gasteiger partial charge on any atom is 0.338 e. The second-order valence-electron chi connectivity index (χ2n) is 7.09. The molecule has 1 heterocycles. The number of ketones is 1. The van der Waals surface area contributed by atoms with Crippen molar-refractivity contribution >= 4 is 23.6 Å². The number of carbonyl (C=O) groups excluding carboxylic acids is 4. The van der Waals surface area contributed by atoms with Gasteiger partial charge in [-0.3, -0.25) is 14.4 Å². The van der Waals surface area contributed by atoms with Gasteiger partial charge in [0.05, 0.1) is 18.2 Å². The highest BCUT2D eigenvalue weighted by atomic mass is 16.5. The fourth-order valence-corrected chi connectivity index (χ4v) is 3.18. The number of hydrogen-bond acceptors (Lipinski definition) is 6. The number of nitrogens with two attached hydrogens (primary N) is 1. The van der Waals surface area contributed by atoms with Crippen molar-refractivity contribution in [1.82, 2.24) is 10.2 Å². The summed E-state index contributed by atoms with van der Waals surface area (Å²) < 4.78 is 5.11. The van der Waals surface area contributed by atoms with Gasteiger partial charge in [0, 0.05) is 6.54 Å². The normalized spacial score (nSPS) is 17.3.